The van der Waals surface area contributed by atoms with Crippen molar-refractivity contribution < 1.29 is 19.2 Å². The molecule has 27 heavy (non-hydrogen) atoms. The Labute approximate surface area is 163 Å². The molecule has 1 aliphatic heterocycles. The topological polar surface area (TPSA) is 115 Å². The molecule has 1 aromatic carbocycles. The van der Waals surface area contributed by atoms with Crippen molar-refractivity contribution in [1.29, 1.82) is 0 Å². The van der Waals surface area contributed by atoms with Gasteiger partial charge in [0.05, 0.1) is 15.7 Å². The smallest absolute Gasteiger partial charge is 0.366 e. The molecule has 0 spiro atoms. The van der Waals surface area contributed by atoms with Gasteiger partial charge in [-0.2, -0.15) is 0 Å². The number of hydrogen-bond donors (Lipinski definition) is 1. The molecule has 9 nitrogen and oxygen atoms in total. The van der Waals surface area contributed by atoms with Gasteiger partial charge in [-0.1, -0.05) is 29.3 Å². The summed E-state index contributed by atoms with van der Waals surface area (Å²) in [6, 6.07) is 7.21. The van der Waals surface area contributed by atoms with Gasteiger partial charge in [0.15, 0.2) is 11.9 Å². The predicted octanol–water partition coefficient (Wildman–Crippen LogP) is 3.05. The minimum Gasteiger partial charge on any atom is -0.475 e. The number of benzene rings is 1. The van der Waals surface area contributed by atoms with Crippen LogP contribution < -0.4 is 15.0 Å². The standard InChI is InChI=1S/C16H12Cl2N4O5/c1-8-16(24)21(15-11(27-8)5-6-12(20-15)22(25)26)7-13(23)19-10-4-2-3-9(17)14(10)18/h2-6,8H,7H2,1H3,(H,19,23). The molecule has 0 radical (unpaired) electrons. The molecule has 2 aromatic rings. The van der Waals surface area contributed by atoms with Crippen LogP contribution in [0.15, 0.2) is 30.3 Å². The first-order valence-electron chi connectivity index (χ1n) is 7.65. The normalized spacial score (nSPS) is 15.7. The van der Waals surface area contributed by atoms with Crippen molar-refractivity contribution in [3.63, 3.8) is 0 Å². The summed E-state index contributed by atoms with van der Waals surface area (Å²) in [5, 5.41) is 13.9. The Morgan fingerprint density at radius 2 is 2.11 bits per heavy atom. The minimum absolute atomic E-state index is 0.0976. The lowest BCUT2D eigenvalue weighted by atomic mass is 10.2. The molecule has 3 rings (SSSR count). The van der Waals surface area contributed by atoms with Gasteiger partial charge < -0.3 is 20.2 Å². The van der Waals surface area contributed by atoms with Crippen LogP contribution in [0.4, 0.5) is 17.3 Å². The number of rotatable bonds is 4. The molecule has 140 valence electrons. The van der Waals surface area contributed by atoms with Crippen LogP contribution in [0.1, 0.15) is 6.92 Å². The Morgan fingerprint density at radius 1 is 1.37 bits per heavy atom. The third-order valence-corrected chi connectivity index (χ3v) is 4.53. The number of carbonyl (C=O) groups is 2. The summed E-state index contributed by atoms with van der Waals surface area (Å²) in [5.41, 5.74) is 0.273. The van der Waals surface area contributed by atoms with Gasteiger partial charge in [0.1, 0.15) is 6.54 Å². The van der Waals surface area contributed by atoms with E-state index in [1.54, 1.807) is 18.2 Å². The molecule has 0 saturated heterocycles. The fourth-order valence-electron chi connectivity index (χ4n) is 2.46. The summed E-state index contributed by atoms with van der Waals surface area (Å²) >= 11 is 11.9. The molecule has 0 fully saturated rings. The van der Waals surface area contributed by atoms with Crippen LogP contribution in [-0.4, -0.2) is 34.4 Å². The van der Waals surface area contributed by atoms with Crippen LogP contribution in [0.25, 0.3) is 0 Å². The first-order chi connectivity index (χ1) is 12.8. The first kappa shape index (κ1) is 18.9. The van der Waals surface area contributed by atoms with Crippen molar-refractivity contribution in [3.05, 3.63) is 50.5 Å². The molecule has 2 heterocycles. The molecule has 0 aliphatic carbocycles. The number of ether oxygens (including phenoxy) is 1. The zero-order valence-corrected chi connectivity index (χ0v) is 15.3. The minimum atomic E-state index is -0.872. The maximum atomic E-state index is 12.4. The Bertz CT molecular complexity index is 952. The maximum Gasteiger partial charge on any atom is 0.366 e. The average Bonchev–Trinajstić information content (AvgIpc) is 2.62. The van der Waals surface area contributed by atoms with E-state index in [0.717, 1.165) is 11.0 Å². The van der Waals surface area contributed by atoms with E-state index in [4.69, 9.17) is 27.9 Å². The number of nitrogens with one attached hydrogen (secondary N) is 1. The number of carbonyl (C=O) groups excluding carboxylic acids is 2. The van der Waals surface area contributed by atoms with Crippen molar-refractivity contribution >= 4 is 52.3 Å². The lowest BCUT2D eigenvalue weighted by molar-refractivity contribution is -0.389. The van der Waals surface area contributed by atoms with Gasteiger partial charge in [-0.15, -0.1) is 0 Å². The molecule has 1 atom stereocenters. The summed E-state index contributed by atoms with van der Waals surface area (Å²) in [4.78, 5) is 40.0. The second-order valence-corrected chi connectivity index (χ2v) is 6.37. The van der Waals surface area contributed by atoms with Crippen LogP contribution in [-0.2, 0) is 9.59 Å². The van der Waals surface area contributed by atoms with Crippen molar-refractivity contribution in [2.75, 3.05) is 16.8 Å². The van der Waals surface area contributed by atoms with Crippen LogP contribution in [0.2, 0.25) is 10.0 Å². The highest BCUT2D eigenvalue weighted by atomic mass is 35.5. The van der Waals surface area contributed by atoms with Gasteiger partial charge in [-0.25, -0.2) is 0 Å². The summed E-state index contributed by atoms with van der Waals surface area (Å²) < 4.78 is 5.40. The number of pyridine rings is 1. The Hall–Kier alpha value is -2.91. The van der Waals surface area contributed by atoms with E-state index < -0.39 is 35.2 Å². The van der Waals surface area contributed by atoms with Gasteiger partial charge in [0, 0.05) is 6.07 Å². The third kappa shape index (κ3) is 3.79. The van der Waals surface area contributed by atoms with Gasteiger partial charge in [0.2, 0.25) is 5.91 Å². The quantitative estimate of drug-likeness (QED) is 0.611. The van der Waals surface area contributed by atoms with E-state index in [2.05, 4.69) is 10.3 Å². The van der Waals surface area contributed by atoms with Gasteiger partial charge >= 0.3 is 5.82 Å². The summed E-state index contributed by atoms with van der Waals surface area (Å²) in [5.74, 6) is -1.53. The molecular weight excluding hydrogens is 399 g/mol. The first-order valence-corrected chi connectivity index (χ1v) is 8.41. The van der Waals surface area contributed by atoms with E-state index in [1.165, 1.54) is 13.0 Å². The Balaban J connectivity index is 1.88. The second kappa shape index (κ2) is 7.37. The molecule has 0 bridgehead atoms. The van der Waals surface area contributed by atoms with E-state index in [-0.39, 0.29) is 27.3 Å². The number of aromatic nitrogens is 1. The number of hydrogen-bond acceptors (Lipinski definition) is 6. The summed E-state index contributed by atoms with van der Waals surface area (Å²) in [6.07, 6.45) is -0.872. The van der Waals surface area contributed by atoms with E-state index in [9.17, 15) is 19.7 Å². The van der Waals surface area contributed by atoms with Crippen molar-refractivity contribution in [2.45, 2.75) is 13.0 Å². The van der Waals surface area contributed by atoms with E-state index >= 15 is 0 Å². The van der Waals surface area contributed by atoms with E-state index in [1.807, 2.05) is 0 Å². The number of halogens is 2. The molecule has 1 unspecified atom stereocenters. The van der Waals surface area contributed by atoms with Gasteiger partial charge in [-0.3, -0.25) is 14.5 Å². The lowest BCUT2D eigenvalue weighted by Gasteiger charge is -2.28. The fourth-order valence-corrected chi connectivity index (χ4v) is 2.81. The Morgan fingerprint density at radius 3 is 2.81 bits per heavy atom. The molecule has 11 heteroatoms. The van der Waals surface area contributed by atoms with E-state index in [0.29, 0.717) is 0 Å². The van der Waals surface area contributed by atoms with Crippen LogP contribution in [0.5, 0.6) is 5.75 Å². The van der Waals surface area contributed by atoms with Gasteiger partial charge in [0.25, 0.3) is 11.7 Å². The van der Waals surface area contributed by atoms with Crippen LogP contribution >= 0.6 is 23.2 Å². The number of fused-ring (bicyclic) bond motifs is 1. The highest BCUT2D eigenvalue weighted by molar-refractivity contribution is 6.44. The lowest BCUT2D eigenvalue weighted by Crippen LogP contribution is -2.48. The molecule has 1 aromatic heterocycles. The number of amides is 2. The highest BCUT2D eigenvalue weighted by Crippen LogP contribution is 2.34. The monoisotopic (exact) mass is 410 g/mol. The maximum absolute atomic E-state index is 12.4. The van der Waals surface area contributed by atoms with Crippen LogP contribution in [0, 0.1) is 10.1 Å². The fraction of sp³-hybridized carbons (Fsp3) is 0.188. The number of anilines is 2. The average molecular weight is 411 g/mol. The summed E-state index contributed by atoms with van der Waals surface area (Å²) in [7, 11) is 0. The highest BCUT2D eigenvalue weighted by Gasteiger charge is 2.37. The predicted molar refractivity (Wildman–Crippen MR) is 98.4 cm³/mol. The number of nitro groups is 1. The molecular formula is C16H12Cl2N4O5. The molecule has 1 N–H and O–H groups in total. The SMILES string of the molecule is CC1Oc2ccc([N+](=O)[O-])nc2N(CC(=O)Nc2cccc(Cl)c2Cl)C1=O. The zero-order chi connectivity index (χ0) is 19.7. The zero-order valence-electron chi connectivity index (χ0n) is 13.8. The molecule has 2 amide bonds. The Kier molecular flexibility index (Phi) is 5.15. The molecule has 0 saturated carbocycles. The second-order valence-electron chi connectivity index (χ2n) is 5.58. The van der Waals surface area contributed by atoms with Crippen molar-refractivity contribution in [2.24, 2.45) is 0 Å². The van der Waals surface area contributed by atoms with Crippen LogP contribution in [0.3, 0.4) is 0 Å². The third-order valence-electron chi connectivity index (χ3n) is 3.71. The van der Waals surface area contributed by atoms with Crippen molar-refractivity contribution in [1.82, 2.24) is 4.98 Å². The number of nitrogens with zero attached hydrogens (tertiary/aromatic N) is 3. The van der Waals surface area contributed by atoms with Crippen molar-refractivity contribution in [3.8, 4) is 5.75 Å². The van der Waals surface area contributed by atoms with Gasteiger partial charge in [-0.05, 0) is 35.0 Å². The summed E-state index contributed by atoms with van der Waals surface area (Å²) in [6.45, 7) is 1.07. The largest absolute Gasteiger partial charge is 0.475 e. The molecule has 1 aliphatic rings.